The third-order valence-electron chi connectivity index (χ3n) is 5.77. The minimum absolute atomic E-state index is 0.00289. The van der Waals surface area contributed by atoms with Gasteiger partial charge in [0.15, 0.2) is 0 Å². The van der Waals surface area contributed by atoms with Gasteiger partial charge in [0.2, 0.25) is 0 Å². The standard InChI is InChI=1S/C18H34OSi/c1-12-14-15(16(2,3)4)18(12,11-20(7,8)9)13(19)10-17(14,5)6/h13-15,19H,1,10-11H2,2-9H3/t13-,14+,15+,18+/m0/s1. The van der Waals surface area contributed by atoms with Crippen LogP contribution in [0.15, 0.2) is 12.2 Å². The molecule has 0 saturated heterocycles. The molecule has 0 unspecified atom stereocenters. The van der Waals surface area contributed by atoms with E-state index in [1.165, 1.54) is 11.6 Å². The molecule has 0 aromatic heterocycles. The number of hydrogen-bond acceptors (Lipinski definition) is 1. The van der Waals surface area contributed by atoms with Crippen LogP contribution >= 0.6 is 0 Å². The third kappa shape index (κ3) is 2.14. The molecule has 0 aromatic rings. The van der Waals surface area contributed by atoms with Crippen LogP contribution in [0.4, 0.5) is 0 Å². The summed E-state index contributed by atoms with van der Waals surface area (Å²) in [6.07, 6.45) is 0.735. The third-order valence-corrected chi connectivity index (χ3v) is 7.42. The summed E-state index contributed by atoms with van der Waals surface area (Å²) in [6.45, 7) is 23.4. The van der Waals surface area contributed by atoms with Gasteiger partial charge in [-0.2, -0.15) is 0 Å². The van der Waals surface area contributed by atoms with Crippen molar-refractivity contribution >= 4 is 8.07 Å². The number of aliphatic hydroxyl groups excluding tert-OH is 1. The molecule has 4 atom stereocenters. The van der Waals surface area contributed by atoms with Crippen molar-refractivity contribution in [1.82, 2.24) is 0 Å². The lowest BCUT2D eigenvalue weighted by atomic mass is 9.34. The van der Waals surface area contributed by atoms with Crippen molar-refractivity contribution in [3.8, 4) is 0 Å². The van der Waals surface area contributed by atoms with E-state index in [9.17, 15) is 5.11 Å². The van der Waals surface area contributed by atoms with Gasteiger partial charge in [-0.3, -0.25) is 0 Å². The zero-order chi connectivity index (χ0) is 15.7. The van der Waals surface area contributed by atoms with E-state index in [2.05, 4.69) is 60.8 Å². The van der Waals surface area contributed by atoms with Gasteiger partial charge in [-0.15, -0.1) is 0 Å². The SMILES string of the molecule is C=C1[C@@H]2[C@H](C(C)(C)C)[C@@]1(C[Si](C)(C)C)[C@@H](O)CC2(C)C. The highest BCUT2D eigenvalue weighted by Crippen LogP contribution is 2.74. The normalized spacial score (nSPS) is 40.5. The second-order valence-corrected chi connectivity index (χ2v) is 15.8. The first-order valence-electron chi connectivity index (χ1n) is 8.11. The molecule has 0 aliphatic heterocycles. The molecule has 0 aromatic carbocycles. The number of aliphatic hydroxyl groups is 1. The van der Waals surface area contributed by atoms with Crippen LogP contribution in [0.5, 0.6) is 0 Å². The fourth-order valence-electron chi connectivity index (χ4n) is 5.53. The van der Waals surface area contributed by atoms with Crippen LogP contribution in [-0.2, 0) is 0 Å². The molecule has 20 heavy (non-hydrogen) atoms. The van der Waals surface area contributed by atoms with E-state index in [4.69, 9.17) is 0 Å². The van der Waals surface area contributed by atoms with E-state index in [0.29, 0.717) is 11.8 Å². The van der Waals surface area contributed by atoms with Gasteiger partial charge >= 0.3 is 0 Å². The number of rotatable bonds is 2. The topological polar surface area (TPSA) is 20.2 Å². The zero-order valence-electron chi connectivity index (χ0n) is 14.8. The van der Waals surface area contributed by atoms with Gasteiger partial charge in [0.1, 0.15) is 0 Å². The van der Waals surface area contributed by atoms with Crippen LogP contribution in [0.3, 0.4) is 0 Å². The first-order chi connectivity index (χ1) is 8.73. The van der Waals surface area contributed by atoms with Crippen molar-refractivity contribution < 1.29 is 5.11 Å². The Bertz CT molecular complexity index is 424. The van der Waals surface area contributed by atoms with Crippen LogP contribution in [-0.4, -0.2) is 19.3 Å². The second-order valence-electron chi connectivity index (χ2n) is 10.3. The Morgan fingerprint density at radius 2 is 1.75 bits per heavy atom. The summed E-state index contributed by atoms with van der Waals surface area (Å²) in [5.74, 6) is 1.16. The molecule has 116 valence electrons. The minimum Gasteiger partial charge on any atom is -0.392 e. The van der Waals surface area contributed by atoms with Crippen molar-refractivity contribution in [2.45, 2.75) is 72.8 Å². The summed E-state index contributed by atoms with van der Waals surface area (Å²) >= 11 is 0. The van der Waals surface area contributed by atoms with Gasteiger partial charge in [-0.1, -0.05) is 66.4 Å². The molecule has 0 amide bonds. The highest BCUT2D eigenvalue weighted by atomic mass is 28.3. The predicted octanol–water partition coefficient (Wildman–Crippen LogP) is 4.95. The smallest absolute Gasteiger partial charge is 0.0639 e. The first kappa shape index (κ1) is 16.3. The van der Waals surface area contributed by atoms with Crippen molar-refractivity contribution in [2.75, 3.05) is 0 Å². The summed E-state index contributed by atoms with van der Waals surface area (Å²) in [5, 5.41) is 11.0. The largest absolute Gasteiger partial charge is 0.392 e. The van der Waals surface area contributed by atoms with E-state index in [1.807, 2.05) is 0 Å². The maximum atomic E-state index is 11.0. The summed E-state index contributed by atoms with van der Waals surface area (Å²) in [4.78, 5) is 0. The fraction of sp³-hybridized carbons (Fsp3) is 0.889. The lowest BCUT2D eigenvalue weighted by molar-refractivity contribution is -0.194. The van der Waals surface area contributed by atoms with Crippen LogP contribution in [0.2, 0.25) is 25.7 Å². The van der Waals surface area contributed by atoms with Gasteiger partial charge < -0.3 is 5.11 Å². The quantitative estimate of drug-likeness (QED) is 0.564. The van der Waals surface area contributed by atoms with E-state index < -0.39 is 8.07 Å². The van der Waals surface area contributed by atoms with Crippen LogP contribution < -0.4 is 0 Å². The predicted molar refractivity (Wildman–Crippen MR) is 90.6 cm³/mol. The van der Waals surface area contributed by atoms with Gasteiger partial charge in [0.05, 0.1) is 6.10 Å². The number of fused-ring (bicyclic) bond motifs is 2. The average Bonchev–Trinajstić information content (AvgIpc) is 2.15. The van der Waals surface area contributed by atoms with Gasteiger partial charge in [-0.25, -0.2) is 0 Å². The lowest BCUT2D eigenvalue weighted by Crippen LogP contribution is -2.70. The highest BCUT2D eigenvalue weighted by Gasteiger charge is 2.71. The molecule has 0 radical (unpaired) electrons. The highest BCUT2D eigenvalue weighted by molar-refractivity contribution is 6.76. The van der Waals surface area contributed by atoms with E-state index >= 15 is 0 Å². The summed E-state index contributed by atoms with van der Waals surface area (Å²) in [6, 6.07) is 1.19. The molecule has 3 aliphatic rings. The molecule has 3 saturated carbocycles. The van der Waals surface area contributed by atoms with E-state index in [1.54, 1.807) is 0 Å². The molecule has 3 rings (SSSR count). The molecule has 2 bridgehead atoms. The molecule has 2 heteroatoms. The first-order valence-corrected chi connectivity index (χ1v) is 11.8. The van der Waals surface area contributed by atoms with Gasteiger partial charge in [0, 0.05) is 13.5 Å². The molecule has 0 heterocycles. The molecular weight excluding hydrogens is 260 g/mol. The van der Waals surface area contributed by atoms with E-state index in [0.717, 1.165) is 6.42 Å². The molecule has 1 nitrogen and oxygen atoms in total. The van der Waals surface area contributed by atoms with Crippen molar-refractivity contribution in [3.05, 3.63) is 12.2 Å². The van der Waals surface area contributed by atoms with Crippen LogP contribution in [0.25, 0.3) is 0 Å². The minimum atomic E-state index is -1.25. The van der Waals surface area contributed by atoms with Crippen molar-refractivity contribution in [3.63, 3.8) is 0 Å². The van der Waals surface area contributed by atoms with Crippen LogP contribution in [0, 0.1) is 28.1 Å². The van der Waals surface area contributed by atoms with E-state index in [-0.39, 0.29) is 22.3 Å². The fourth-order valence-corrected chi connectivity index (χ4v) is 7.97. The summed E-state index contributed by atoms with van der Waals surface area (Å²) in [7, 11) is -1.25. The number of hydrogen-bond donors (Lipinski definition) is 1. The average molecular weight is 295 g/mol. The van der Waals surface area contributed by atoms with Gasteiger partial charge in [0.25, 0.3) is 0 Å². The summed E-state index contributed by atoms with van der Waals surface area (Å²) in [5.41, 5.74) is 1.80. The van der Waals surface area contributed by atoms with Crippen LogP contribution in [0.1, 0.15) is 41.0 Å². The lowest BCUT2D eigenvalue weighted by Gasteiger charge is -2.73. The van der Waals surface area contributed by atoms with Gasteiger partial charge in [-0.05, 0) is 35.1 Å². The Morgan fingerprint density at radius 1 is 1.25 bits per heavy atom. The molecular formula is C18H34OSi. The summed E-state index contributed by atoms with van der Waals surface area (Å²) < 4.78 is 0. The molecule has 3 aliphatic carbocycles. The maximum Gasteiger partial charge on any atom is 0.0639 e. The maximum absolute atomic E-state index is 11.0. The Balaban J connectivity index is 2.51. The molecule has 1 N–H and O–H groups in total. The Kier molecular flexibility index (Phi) is 3.44. The zero-order valence-corrected chi connectivity index (χ0v) is 15.8. The Morgan fingerprint density at radius 3 is 2.10 bits per heavy atom. The van der Waals surface area contributed by atoms with Crippen molar-refractivity contribution in [2.24, 2.45) is 28.1 Å². The second kappa shape index (κ2) is 4.22. The Labute approximate surface area is 126 Å². The molecule has 3 fully saturated rings. The Hall–Kier alpha value is -0.0831. The molecule has 0 spiro atoms. The monoisotopic (exact) mass is 294 g/mol. The van der Waals surface area contributed by atoms with Crippen molar-refractivity contribution in [1.29, 1.82) is 0 Å².